The van der Waals surface area contributed by atoms with Crippen LogP contribution in [0.2, 0.25) is 0 Å². The topological polar surface area (TPSA) is 64.9 Å². The molecule has 0 saturated heterocycles. The van der Waals surface area contributed by atoms with Crippen LogP contribution in [0, 0.1) is 12.7 Å². The first-order chi connectivity index (χ1) is 6.66. The Kier molecular flexibility index (Phi) is 1.92. The van der Waals surface area contributed by atoms with Crippen molar-refractivity contribution >= 4 is 5.69 Å². The first kappa shape index (κ1) is 8.68. The van der Waals surface area contributed by atoms with Gasteiger partial charge >= 0.3 is 0 Å². The number of nitrogens with zero attached hydrogens (tertiary/aromatic N) is 2. The molecule has 14 heavy (non-hydrogen) atoms. The Morgan fingerprint density at radius 2 is 2.21 bits per heavy atom. The third-order valence-corrected chi connectivity index (χ3v) is 1.75. The van der Waals surface area contributed by atoms with Gasteiger partial charge in [0.25, 0.3) is 5.89 Å². The molecule has 1 heterocycles. The third-order valence-electron chi connectivity index (χ3n) is 1.75. The van der Waals surface area contributed by atoms with Crippen LogP contribution in [0.1, 0.15) is 5.82 Å². The highest BCUT2D eigenvalue weighted by Gasteiger charge is 2.11. The summed E-state index contributed by atoms with van der Waals surface area (Å²) in [5, 5.41) is 3.57. The number of nitrogens with two attached hydrogens (primary N) is 1. The molecule has 0 aliphatic rings. The van der Waals surface area contributed by atoms with Crippen molar-refractivity contribution in [2.45, 2.75) is 6.92 Å². The lowest BCUT2D eigenvalue weighted by molar-refractivity contribution is 0.423. The number of rotatable bonds is 1. The molecule has 2 aromatic rings. The van der Waals surface area contributed by atoms with Crippen LogP contribution in [-0.4, -0.2) is 10.1 Å². The highest BCUT2D eigenvalue weighted by Crippen LogP contribution is 2.22. The van der Waals surface area contributed by atoms with Gasteiger partial charge in [-0.05, 0) is 25.1 Å². The van der Waals surface area contributed by atoms with E-state index in [4.69, 9.17) is 10.3 Å². The quantitative estimate of drug-likeness (QED) is 0.701. The van der Waals surface area contributed by atoms with Crippen molar-refractivity contribution in [3.05, 3.63) is 29.8 Å². The van der Waals surface area contributed by atoms with E-state index in [1.807, 2.05) is 0 Å². The summed E-state index contributed by atoms with van der Waals surface area (Å²) in [7, 11) is 0. The molecule has 0 aliphatic carbocycles. The van der Waals surface area contributed by atoms with Crippen LogP contribution >= 0.6 is 0 Å². The van der Waals surface area contributed by atoms with Crippen LogP contribution in [0.15, 0.2) is 22.7 Å². The van der Waals surface area contributed by atoms with E-state index in [-0.39, 0.29) is 11.5 Å². The minimum Gasteiger partial charge on any atom is -0.399 e. The molecular formula is C9H8FN3O. The number of hydrogen-bond acceptors (Lipinski definition) is 4. The Labute approximate surface area is 79.5 Å². The number of benzene rings is 1. The summed E-state index contributed by atoms with van der Waals surface area (Å²) >= 11 is 0. The number of hydrogen-bond donors (Lipinski definition) is 1. The lowest BCUT2D eigenvalue weighted by atomic mass is 10.2. The number of halogens is 1. The summed E-state index contributed by atoms with van der Waals surface area (Å²) < 4.78 is 18.2. The van der Waals surface area contributed by atoms with E-state index in [9.17, 15) is 4.39 Å². The fourth-order valence-corrected chi connectivity index (χ4v) is 1.11. The molecule has 0 radical (unpaired) electrons. The largest absolute Gasteiger partial charge is 0.399 e. The Hall–Kier alpha value is -1.91. The van der Waals surface area contributed by atoms with Gasteiger partial charge in [0.2, 0.25) is 0 Å². The zero-order valence-corrected chi connectivity index (χ0v) is 7.49. The normalized spacial score (nSPS) is 10.4. The molecule has 0 unspecified atom stereocenters. The highest BCUT2D eigenvalue weighted by atomic mass is 19.1. The van der Waals surface area contributed by atoms with Crippen LogP contribution in [0.4, 0.5) is 10.1 Å². The molecule has 0 saturated carbocycles. The minimum absolute atomic E-state index is 0.167. The first-order valence-corrected chi connectivity index (χ1v) is 4.02. The van der Waals surface area contributed by atoms with Crippen LogP contribution in [0.5, 0.6) is 0 Å². The fraction of sp³-hybridized carbons (Fsp3) is 0.111. The molecule has 0 spiro atoms. The molecule has 1 aromatic carbocycles. The summed E-state index contributed by atoms with van der Waals surface area (Å²) in [6.07, 6.45) is 0. The van der Waals surface area contributed by atoms with Gasteiger partial charge in [-0.2, -0.15) is 4.98 Å². The van der Waals surface area contributed by atoms with Crippen LogP contribution in [0.25, 0.3) is 11.5 Å². The summed E-state index contributed by atoms with van der Waals surface area (Å²) in [6, 6.07) is 4.31. The van der Waals surface area contributed by atoms with E-state index >= 15 is 0 Å². The van der Waals surface area contributed by atoms with Crippen LogP contribution < -0.4 is 5.73 Å². The maximum Gasteiger partial charge on any atom is 0.260 e. The molecule has 2 rings (SSSR count). The van der Waals surface area contributed by atoms with Gasteiger partial charge in [-0.3, -0.25) is 0 Å². The molecule has 5 heteroatoms. The van der Waals surface area contributed by atoms with Gasteiger partial charge in [0, 0.05) is 5.69 Å². The van der Waals surface area contributed by atoms with Gasteiger partial charge in [0.1, 0.15) is 5.82 Å². The Morgan fingerprint density at radius 1 is 1.43 bits per heavy atom. The fourth-order valence-electron chi connectivity index (χ4n) is 1.11. The van der Waals surface area contributed by atoms with E-state index in [0.29, 0.717) is 11.5 Å². The second kappa shape index (κ2) is 3.10. The maximum atomic E-state index is 13.3. The van der Waals surface area contributed by atoms with Crippen LogP contribution in [0.3, 0.4) is 0 Å². The van der Waals surface area contributed by atoms with Crippen molar-refractivity contribution in [1.29, 1.82) is 0 Å². The summed E-state index contributed by atoms with van der Waals surface area (Å²) in [6.45, 7) is 1.67. The van der Waals surface area contributed by atoms with E-state index in [1.165, 1.54) is 12.1 Å². The lowest BCUT2D eigenvalue weighted by Crippen LogP contribution is -1.89. The average Bonchev–Trinajstić information content (AvgIpc) is 2.51. The molecular weight excluding hydrogens is 185 g/mol. The lowest BCUT2D eigenvalue weighted by Gasteiger charge is -1.97. The molecule has 1 aromatic heterocycles. The molecule has 0 atom stereocenters. The third kappa shape index (κ3) is 1.44. The van der Waals surface area contributed by atoms with Gasteiger partial charge in [0.15, 0.2) is 5.82 Å². The second-order valence-corrected chi connectivity index (χ2v) is 2.89. The monoisotopic (exact) mass is 193 g/mol. The van der Waals surface area contributed by atoms with E-state index in [2.05, 4.69) is 10.1 Å². The van der Waals surface area contributed by atoms with Gasteiger partial charge in [-0.25, -0.2) is 4.39 Å². The van der Waals surface area contributed by atoms with Crippen molar-refractivity contribution in [3.63, 3.8) is 0 Å². The van der Waals surface area contributed by atoms with Gasteiger partial charge in [-0.1, -0.05) is 5.16 Å². The predicted molar refractivity (Wildman–Crippen MR) is 48.8 cm³/mol. The zero-order chi connectivity index (χ0) is 10.1. The van der Waals surface area contributed by atoms with Crippen molar-refractivity contribution in [3.8, 4) is 11.5 Å². The Bertz CT molecular complexity index is 467. The molecule has 2 N–H and O–H groups in total. The van der Waals surface area contributed by atoms with E-state index in [1.54, 1.807) is 13.0 Å². The maximum absolute atomic E-state index is 13.3. The van der Waals surface area contributed by atoms with Gasteiger partial charge in [0.05, 0.1) is 5.56 Å². The summed E-state index contributed by atoms with van der Waals surface area (Å²) in [5.74, 6) is 0.171. The van der Waals surface area contributed by atoms with Crippen molar-refractivity contribution < 1.29 is 8.91 Å². The zero-order valence-electron chi connectivity index (χ0n) is 7.49. The number of aryl methyl sites for hydroxylation is 1. The molecule has 0 amide bonds. The average molecular weight is 193 g/mol. The van der Waals surface area contributed by atoms with Gasteiger partial charge < -0.3 is 10.3 Å². The second-order valence-electron chi connectivity index (χ2n) is 2.89. The molecule has 0 bridgehead atoms. The Morgan fingerprint density at radius 3 is 2.79 bits per heavy atom. The van der Waals surface area contributed by atoms with Crippen molar-refractivity contribution in [2.24, 2.45) is 0 Å². The van der Waals surface area contributed by atoms with Crippen molar-refractivity contribution in [2.75, 3.05) is 5.73 Å². The van der Waals surface area contributed by atoms with Gasteiger partial charge in [-0.15, -0.1) is 0 Å². The van der Waals surface area contributed by atoms with Crippen molar-refractivity contribution in [1.82, 2.24) is 10.1 Å². The summed E-state index contributed by atoms with van der Waals surface area (Å²) in [4.78, 5) is 3.91. The molecule has 4 nitrogen and oxygen atoms in total. The first-order valence-electron chi connectivity index (χ1n) is 4.02. The number of anilines is 1. The standard InChI is InChI=1S/C9H8FN3O/c1-5-12-9(14-13-5)7-3-2-6(11)4-8(7)10/h2-4H,11H2,1H3. The minimum atomic E-state index is -0.464. The number of aromatic nitrogens is 2. The Balaban J connectivity index is 2.52. The SMILES string of the molecule is Cc1noc(-c2ccc(N)cc2F)n1. The molecule has 0 fully saturated rings. The summed E-state index contributed by atoms with van der Waals surface area (Å²) in [5.41, 5.74) is 6.03. The molecule has 0 aliphatic heterocycles. The highest BCUT2D eigenvalue weighted by molar-refractivity contribution is 5.58. The van der Waals surface area contributed by atoms with E-state index < -0.39 is 5.82 Å². The predicted octanol–water partition coefficient (Wildman–Crippen LogP) is 1.77. The van der Waals surface area contributed by atoms with E-state index in [0.717, 1.165) is 0 Å². The van der Waals surface area contributed by atoms with Crippen LogP contribution in [-0.2, 0) is 0 Å². The smallest absolute Gasteiger partial charge is 0.260 e. The molecule has 72 valence electrons. The number of nitrogen functional groups attached to an aromatic ring is 1.